The Hall–Kier alpha value is -1.87. The van der Waals surface area contributed by atoms with Crippen LogP contribution in [0.5, 0.6) is 5.75 Å². The van der Waals surface area contributed by atoms with E-state index < -0.39 is 0 Å². The number of aryl methyl sites for hydroxylation is 1. The molecule has 0 aliphatic rings. The summed E-state index contributed by atoms with van der Waals surface area (Å²) < 4.78 is 24.2. The van der Waals surface area contributed by atoms with Crippen molar-refractivity contribution in [3.63, 3.8) is 0 Å². The first-order chi connectivity index (χ1) is 13.1. The number of benzene rings is 2. The number of hydrogen-bond acceptors (Lipinski definition) is 3. The minimum Gasteiger partial charge on any atom is -0.493 e. The first-order valence-electron chi connectivity index (χ1n) is 9.02. The largest absolute Gasteiger partial charge is 0.493 e. The van der Waals surface area contributed by atoms with Gasteiger partial charge in [-0.15, -0.1) is 24.0 Å². The summed E-state index contributed by atoms with van der Waals surface area (Å²) in [5.41, 5.74) is 3.05. The number of methoxy groups -OCH3 is 1. The summed E-state index contributed by atoms with van der Waals surface area (Å²) in [6.45, 7) is 4.39. The molecule has 2 aromatic rings. The normalized spacial score (nSPS) is 10.9. The summed E-state index contributed by atoms with van der Waals surface area (Å²) in [5, 5.41) is 6.46. The molecule has 0 radical (unpaired) electrons. The van der Waals surface area contributed by atoms with Gasteiger partial charge in [-0.3, -0.25) is 4.99 Å². The van der Waals surface area contributed by atoms with E-state index in [0.717, 1.165) is 28.9 Å². The molecule has 0 fully saturated rings. The maximum atomic E-state index is 13.3. The molecule has 7 heteroatoms. The first kappa shape index (κ1) is 24.2. The monoisotopic (exact) mass is 501 g/mol. The molecule has 0 bridgehead atoms. The van der Waals surface area contributed by atoms with Gasteiger partial charge in [-0.1, -0.05) is 24.3 Å². The van der Waals surface area contributed by atoms with Crippen LogP contribution >= 0.6 is 24.0 Å². The second-order valence-electron chi connectivity index (χ2n) is 6.22. The molecule has 2 aromatic carbocycles. The quantitative estimate of drug-likeness (QED) is 0.236. The number of hydrogen-bond donors (Lipinski definition) is 2. The fourth-order valence-corrected chi connectivity index (χ4v) is 2.56. The van der Waals surface area contributed by atoms with Gasteiger partial charge in [0.2, 0.25) is 0 Å². The summed E-state index contributed by atoms with van der Waals surface area (Å²) >= 11 is 0. The van der Waals surface area contributed by atoms with E-state index in [2.05, 4.69) is 21.7 Å². The number of ether oxygens (including phenoxy) is 2. The molecule has 5 nitrogen and oxygen atoms in total. The molecule has 0 aliphatic heterocycles. The second kappa shape index (κ2) is 13.3. The van der Waals surface area contributed by atoms with Crippen molar-refractivity contribution >= 4 is 29.9 Å². The Kier molecular flexibility index (Phi) is 11.5. The van der Waals surface area contributed by atoms with Crippen LogP contribution in [0.15, 0.2) is 47.5 Å². The Labute approximate surface area is 183 Å². The van der Waals surface area contributed by atoms with Crippen molar-refractivity contribution in [2.24, 2.45) is 4.99 Å². The van der Waals surface area contributed by atoms with Crippen molar-refractivity contribution in [1.29, 1.82) is 0 Å². The molecule has 0 saturated heterocycles. The smallest absolute Gasteiger partial charge is 0.191 e. The van der Waals surface area contributed by atoms with Crippen LogP contribution in [0.4, 0.5) is 4.39 Å². The highest BCUT2D eigenvalue weighted by atomic mass is 127. The third-order valence-electron chi connectivity index (χ3n) is 3.99. The minimum absolute atomic E-state index is 0. The fourth-order valence-electron chi connectivity index (χ4n) is 2.56. The molecule has 0 heterocycles. The fraction of sp³-hybridized carbons (Fsp3) is 0.381. The van der Waals surface area contributed by atoms with Crippen LogP contribution in [0.1, 0.15) is 23.1 Å². The maximum absolute atomic E-state index is 13.3. The van der Waals surface area contributed by atoms with Gasteiger partial charge in [0, 0.05) is 45.8 Å². The van der Waals surface area contributed by atoms with E-state index in [1.807, 2.05) is 25.1 Å². The van der Waals surface area contributed by atoms with E-state index in [4.69, 9.17) is 9.47 Å². The molecule has 0 amide bonds. The summed E-state index contributed by atoms with van der Waals surface area (Å²) in [7, 11) is 3.39. The Morgan fingerprint density at radius 1 is 1.07 bits per heavy atom. The number of halogens is 2. The topological polar surface area (TPSA) is 54.9 Å². The highest BCUT2D eigenvalue weighted by molar-refractivity contribution is 14.0. The molecule has 2 rings (SSSR count). The number of rotatable bonds is 9. The van der Waals surface area contributed by atoms with Gasteiger partial charge in [0.05, 0.1) is 6.61 Å². The zero-order chi connectivity index (χ0) is 19.5. The molecule has 0 atom stereocenters. The van der Waals surface area contributed by atoms with E-state index in [9.17, 15) is 4.39 Å². The minimum atomic E-state index is -0.243. The van der Waals surface area contributed by atoms with Crippen LogP contribution in [-0.2, 0) is 17.8 Å². The third kappa shape index (κ3) is 8.43. The van der Waals surface area contributed by atoms with Gasteiger partial charge in [0.15, 0.2) is 5.96 Å². The standard InChI is InChI=1S/C21H28FN3O2.HI/c1-16-8-9-18(20(12-16)27-11-5-10-26-3)15-25-21(23-2)24-14-17-6-4-7-19(22)13-17;/h4,6-9,12-13H,5,10-11,14-15H2,1-3H3,(H2,23,24,25);1H. The van der Waals surface area contributed by atoms with Crippen molar-refractivity contribution in [3.8, 4) is 5.75 Å². The van der Waals surface area contributed by atoms with Crippen LogP contribution in [0.3, 0.4) is 0 Å². The lowest BCUT2D eigenvalue weighted by atomic mass is 10.1. The highest BCUT2D eigenvalue weighted by Crippen LogP contribution is 2.20. The average molecular weight is 501 g/mol. The van der Waals surface area contributed by atoms with Gasteiger partial charge >= 0.3 is 0 Å². The molecule has 2 N–H and O–H groups in total. The summed E-state index contributed by atoms with van der Waals surface area (Å²) in [6, 6.07) is 12.6. The Balaban J connectivity index is 0.00000392. The lowest BCUT2D eigenvalue weighted by molar-refractivity contribution is 0.171. The third-order valence-corrected chi connectivity index (χ3v) is 3.99. The molecular weight excluding hydrogens is 472 g/mol. The highest BCUT2D eigenvalue weighted by Gasteiger charge is 2.06. The molecule has 0 aromatic heterocycles. The molecule has 28 heavy (non-hydrogen) atoms. The van der Waals surface area contributed by atoms with Gasteiger partial charge in [-0.25, -0.2) is 4.39 Å². The van der Waals surface area contributed by atoms with E-state index in [-0.39, 0.29) is 29.8 Å². The van der Waals surface area contributed by atoms with Crippen molar-refractivity contribution in [2.75, 3.05) is 27.4 Å². The molecule has 0 spiro atoms. The van der Waals surface area contributed by atoms with Crippen molar-refractivity contribution in [2.45, 2.75) is 26.4 Å². The van der Waals surface area contributed by atoms with Gasteiger partial charge < -0.3 is 20.1 Å². The molecule has 154 valence electrons. The zero-order valence-corrected chi connectivity index (χ0v) is 19.0. The predicted molar refractivity (Wildman–Crippen MR) is 122 cm³/mol. The summed E-state index contributed by atoms with van der Waals surface area (Å²) in [4.78, 5) is 4.22. The second-order valence-corrected chi connectivity index (χ2v) is 6.22. The predicted octanol–water partition coefficient (Wildman–Crippen LogP) is 4.03. The molecule has 0 saturated carbocycles. The van der Waals surface area contributed by atoms with Crippen LogP contribution in [0, 0.1) is 12.7 Å². The van der Waals surface area contributed by atoms with E-state index in [0.29, 0.717) is 32.3 Å². The van der Waals surface area contributed by atoms with Crippen molar-refractivity contribution < 1.29 is 13.9 Å². The molecule has 0 aliphatic carbocycles. The lowest BCUT2D eigenvalue weighted by Gasteiger charge is -2.15. The van der Waals surface area contributed by atoms with Crippen molar-refractivity contribution in [3.05, 3.63) is 65.0 Å². The maximum Gasteiger partial charge on any atom is 0.191 e. The zero-order valence-electron chi connectivity index (χ0n) is 16.6. The number of nitrogens with zero attached hydrogens (tertiary/aromatic N) is 1. The van der Waals surface area contributed by atoms with Crippen LogP contribution < -0.4 is 15.4 Å². The Bertz CT molecular complexity index is 756. The Morgan fingerprint density at radius 3 is 2.57 bits per heavy atom. The molecular formula is C21H29FIN3O2. The van der Waals surface area contributed by atoms with Gasteiger partial charge in [0.25, 0.3) is 0 Å². The number of guanidine groups is 1. The van der Waals surface area contributed by atoms with Gasteiger partial charge in [0.1, 0.15) is 11.6 Å². The van der Waals surface area contributed by atoms with Gasteiger partial charge in [-0.05, 0) is 36.2 Å². The first-order valence-corrected chi connectivity index (χ1v) is 9.02. The Morgan fingerprint density at radius 2 is 1.86 bits per heavy atom. The number of aliphatic imine (C=N–C) groups is 1. The molecule has 0 unspecified atom stereocenters. The van der Waals surface area contributed by atoms with Crippen LogP contribution in [0.2, 0.25) is 0 Å². The average Bonchev–Trinajstić information content (AvgIpc) is 2.66. The lowest BCUT2D eigenvalue weighted by Crippen LogP contribution is -2.36. The van der Waals surface area contributed by atoms with Crippen LogP contribution in [-0.4, -0.2) is 33.3 Å². The van der Waals surface area contributed by atoms with Crippen LogP contribution in [0.25, 0.3) is 0 Å². The summed E-state index contributed by atoms with van der Waals surface area (Å²) in [5.74, 6) is 1.26. The van der Waals surface area contributed by atoms with E-state index in [1.54, 1.807) is 20.2 Å². The van der Waals surface area contributed by atoms with Gasteiger partial charge in [-0.2, -0.15) is 0 Å². The SMILES string of the molecule is CN=C(NCc1cccc(F)c1)NCc1ccc(C)cc1OCCCOC.I. The van der Waals surface area contributed by atoms with Crippen molar-refractivity contribution in [1.82, 2.24) is 10.6 Å². The number of nitrogens with one attached hydrogen (secondary N) is 2. The van der Waals surface area contributed by atoms with E-state index in [1.165, 1.54) is 12.1 Å². The summed E-state index contributed by atoms with van der Waals surface area (Å²) in [6.07, 6.45) is 0.841. The van der Waals surface area contributed by atoms with E-state index >= 15 is 0 Å².